The molecule has 2 aromatic carbocycles. The highest BCUT2D eigenvalue weighted by molar-refractivity contribution is 5.94. The first kappa shape index (κ1) is 26.0. The van der Waals surface area contributed by atoms with E-state index >= 15 is 0 Å². The molecule has 0 fully saturated rings. The maximum absolute atomic E-state index is 14.9. The molecule has 0 aliphatic carbocycles. The average molecular weight is 539 g/mol. The number of hydrogen-bond acceptors (Lipinski definition) is 6. The third-order valence-corrected chi connectivity index (χ3v) is 5.90. The summed E-state index contributed by atoms with van der Waals surface area (Å²) in [5.74, 6) is -0.605. The van der Waals surface area contributed by atoms with Crippen LogP contribution in [0.5, 0.6) is 6.01 Å². The second-order valence-corrected chi connectivity index (χ2v) is 8.49. The minimum absolute atomic E-state index is 0.0819. The van der Waals surface area contributed by atoms with Crippen LogP contribution in [0.4, 0.5) is 17.6 Å². The molecule has 0 atom stereocenters. The van der Waals surface area contributed by atoms with E-state index in [9.17, 15) is 22.4 Å². The standard InChI is InChI=1S/C27H21F4N5O3/c1-38-13-14-39-26-32-11-9-19(33-26)16-35-12-10-17(15-23(35)37)24-21-3-2-4-22(28)25(21)36(34-24)20-7-5-18(6-8-20)27(29,30)31/h2-12,15H,13-14,16H2,1H3. The lowest BCUT2D eigenvalue weighted by molar-refractivity contribution is -0.137. The van der Waals surface area contributed by atoms with Crippen molar-refractivity contribution in [2.45, 2.75) is 12.7 Å². The van der Waals surface area contributed by atoms with Gasteiger partial charge in [0.05, 0.1) is 30.1 Å². The van der Waals surface area contributed by atoms with E-state index in [0.717, 1.165) is 12.1 Å². The molecule has 12 heteroatoms. The van der Waals surface area contributed by atoms with Crippen LogP contribution in [0.15, 0.2) is 77.9 Å². The van der Waals surface area contributed by atoms with Crippen molar-refractivity contribution in [1.82, 2.24) is 24.3 Å². The predicted molar refractivity (Wildman–Crippen MR) is 134 cm³/mol. The molecule has 0 spiro atoms. The summed E-state index contributed by atoms with van der Waals surface area (Å²) in [7, 11) is 1.55. The number of ether oxygens (including phenoxy) is 2. The van der Waals surface area contributed by atoms with E-state index < -0.39 is 17.6 Å². The van der Waals surface area contributed by atoms with Crippen molar-refractivity contribution < 1.29 is 27.0 Å². The first-order valence-corrected chi connectivity index (χ1v) is 11.7. The summed E-state index contributed by atoms with van der Waals surface area (Å²) in [6.07, 6.45) is -1.42. The van der Waals surface area contributed by atoms with Crippen molar-refractivity contribution in [2.24, 2.45) is 0 Å². The number of hydrogen-bond donors (Lipinski definition) is 0. The Labute approximate surface area is 219 Å². The van der Waals surface area contributed by atoms with Gasteiger partial charge in [0, 0.05) is 36.5 Å². The van der Waals surface area contributed by atoms with E-state index in [1.54, 1.807) is 31.5 Å². The van der Waals surface area contributed by atoms with Crippen molar-refractivity contribution in [1.29, 1.82) is 0 Å². The smallest absolute Gasteiger partial charge is 0.416 e. The number of aromatic nitrogens is 5. The normalized spacial score (nSPS) is 11.7. The lowest BCUT2D eigenvalue weighted by Gasteiger charge is -2.09. The summed E-state index contributed by atoms with van der Waals surface area (Å²) >= 11 is 0. The van der Waals surface area contributed by atoms with Gasteiger partial charge >= 0.3 is 12.2 Å². The van der Waals surface area contributed by atoms with Crippen molar-refractivity contribution in [3.63, 3.8) is 0 Å². The zero-order chi connectivity index (χ0) is 27.6. The van der Waals surface area contributed by atoms with Crippen LogP contribution in [0.25, 0.3) is 27.8 Å². The van der Waals surface area contributed by atoms with Crippen molar-refractivity contribution in [2.75, 3.05) is 20.3 Å². The lowest BCUT2D eigenvalue weighted by atomic mass is 10.1. The first-order chi connectivity index (χ1) is 18.7. The summed E-state index contributed by atoms with van der Waals surface area (Å²) < 4.78 is 67.0. The van der Waals surface area contributed by atoms with E-state index in [4.69, 9.17) is 9.47 Å². The van der Waals surface area contributed by atoms with E-state index in [2.05, 4.69) is 15.1 Å². The van der Waals surface area contributed by atoms with Gasteiger partial charge in [-0.05, 0) is 42.5 Å². The summed E-state index contributed by atoms with van der Waals surface area (Å²) in [6, 6.07) is 13.5. The number of halogens is 4. The second-order valence-electron chi connectivity index (χ2n) is 8.49. The lowest BCUT2D eigenvalue weighted by Crippen LogP contribution is -2.20. The molecular formula is C27H21F4N5O3. The molecule has 3 heterocycles. The third-order valence-electron chi connectivity index (χ3n) is 5.90. The topological polar surface area (TPSA) is 84.1 Å². The van der Waals surface area contributed by atoms with Gasteiger partial charge in [-0.3, -0.25) is 4.79 Å². The Morgan fingerprint density at radius 3 is 2.51 bits per heavy atom. The molecule has 39 heavy (non-hydrogen) atoms. The molecule has 0 saturated carbocycles. The van der Waals surface area contributed by atoms with Gasteiger partial charge in [0.2, 0.25) is 0 Å². The maximum atomic E-state index is 14.9. The SMILES string of the molecule is COCCOc1nccc(Cn2ccc(-c3nn(-c4ccc(C(F)(F)F)cc4)c4c(F)cccc34)cc2=O)n1. The first-order valence-electron chi connectivity index (χ1n) is 11.7. The number of pyridine rings is 1. The largest absolute Gasteiger partial charge is 0.461 e. The molecule has 0 N–H and O–H groups in total. The molecule has 0 unspecified atom stereocenters. The molecule has 0 saturated heterocycles. The Bertz CT molecular complexity index is 1680. The molecule has 0 radical (unpaired) electrons. The monoisotopic (exact) mass is 539 g/mol. The number of para-hydroxylation sites is 1. The fourth-order valence-corrected chi connectivity index (χ4v) is 4.03. The van der Waals surface area contributed by atoms with Crippen LogP contribution in [0.3, 0.4) is 0 Å². The van der Waals surface area contributed by atoms with Gasteiger partial charge in [0.15, 0.2) is 0 Å². The van der Waals surface area contributed by atoms with Gasteiger partial charge in [-0.15, -0.1) is 0 Å². The van der Waals surface area contributed by atoms with E-state index in [-0.39, 0.29) is 35.9 Å². The zero-order valence-corrected chi connectivity index (χ0v) is 20.5. The molecule has 0 aliphatic rings. The summed E-state index contributed by atoms with van der Waals surface area (Å²) in [5, 5.41) is 4.89. The molecule has 0 aliphatic heterocycles. The van der Waals surface area contributed by atoms with E-state index in [1.807, 2.05) is 0 Å². The van der Waals surface area contributed by atoms with Crippen LogP contribution in [-0.2, 0) is 17.5 Å². The van der Waals surface area contributed by atoms with Gasteiger partial charge in [-0.2, -0.15) is 23.3 Å². The van der Waals surface area contributed by atoms with Gasteiger partial charge in [-0.25, -0.2) is 14.1 Å². The highest BCUT2D eigenvalue weighted by Crippen LogP contribution is 2.33. The predicted octanol–water partition coefficient (Wildman–Crippen LogP) is 4.88. The maximum Gasteiger partial charge on any atom is 0.416 e. The van der Waals surface area contributed by atoms with Gasteiger partial charge in [0.1, 0.15) is 23.6 Å². The van der Waals surface area contributed by atoms with Crippen LogP contribution in [0.2, 0.25) is 0 Å². The molecule has 5 rings (SSSR count). The van der Waals surface area contributed by atoms with Crippen LogP contribution in [0.1, 0.15) is 11.3 Å². The summed E-state index contributed by atoms with van der Waals surface area (Å²) in [5.41, 5.74) is 0.411. The van der Waals surface area contributed by atoms with Crippen molar-refractivity contribution in [3.8, 4) is 23.0 Å². The molecule has 0 amide bonds. The fourth-order valence-electron chi connectivity index (χ4n) is 4.03. The quantitative estimate of drug-likeness (QED) is 0.207. The Balaban J connectivity index is 1.48. The highest BCUT2D eigenvalue weighted by Gasteiger charge is 2.30. The van der Waals surface area contributed by atoms with E-state index in [1.165, 1.54) is 45.8 Å². The third kappa shape index (κ3) is 5.50. The number of fused-ring (bicyclic) bond motifs is 1. The Hall–Kier alpha value is -4.58. The Morgan fingerprint density at radius 2 is 1.79 bits per heavy atom. The molecule has 0 bridgehead atoms. The van der Waals surface area contributed by atoms with Gasteiger partial charge in [-0.1, -0.05) is 12.1 Å². The van der Waals surface area contributed by atoms with Gasteiger partial charge in [0.25, 0.3) is 5.56 Å². The van der Waals surface area contributed by atoms with Crippen LogP contribution >= 0.6 is 0 Å². The zero-order valence-electron chi connectivity index (χ0n) is 20.5. The highest BCUT2D eigenvalue weighted by atomic mass is 19.4. The van der Waals surface area contributed by atoms with E-state index in [0.29, 0.717) is 28.9 Å². The summed E-state index contributed by atoms with van der Waals surface area (Å²) in [6.45, 7) is 0.807. The minimum atomic E-state index is -4.50. The van der Waals surface area contributed by atoms with Crippen LogP contribution in [0, 0.1) is 5.82 Å². The minimum Gasteiger partial charge on any atom is -0.461 e. The summed E-state index contributed by atoms with van der Waals surface area (Å²) in [4.78, 5) is 21.3. The number of alkyl halides is 3. The fraction of sp³-hybridized carbons (Fsp3) is 0.185. The average Bonchev–Trinajstić information content (AvgIpc) is 3.31. The number of rotatable bonds is 8. The molecule has 5 aromatic rings. The number of methoxy groups -OCH3 is 1. The number of nitrogens with zero attached hydrogens (tertiary/aromatic N) is 5. The van der Waals surface area contributed by atoms with Crippen molar-refractivity contribution in [3.05, 3.63) is 100 Å². The molecule has 3 aromatic heterocycles. The van der Waals surface area contributed by atoms with Crippen molar-refractivity contribution >= 4 is 10.9 Å². The molecule has 200 valence electrons. The van der Waals surface area contributed by atoms with Gasteiger partial charge < -0.3 is 14.0 Å². The Morgan fingerprint density at radius 1 is 1.00 bits per heavy atom. The molecule has 8 nitrogen and oxygen atoms in total. The molecular weight excluding hydrogens is 518 g/mol. The van der Waals surface area contributed by atoms with Crippen LogP contribution < -0.4 is 10.3 Å². The Kier molecular flexibility index (Phi) is 7.11. The van der Waals surface area contributed by atoms with Crippen LogP contribution in [-0.4, -0.2) is 44.6 Å². The number of benzene rings is 2. The second kappa shape index (κ2) is 10.7.